The first-order chi connectivity index (χ1) is 16.3. The molecular formula is C28H38N4O2. The van der Waals surface area contributed by atoms with Gasteiger partial charge >= 0.3 is 0 Å². The number of hydrogen-bond acceptors (Lipinski definition) is 4. The van der Waals surface area contributed by atoms with E-state index in [0.717, 1.165) is 74.0 Å². The highest BCUT2D eigenvalue weighted by molar-refractivity contribution is 6.04. The zero-order valence-electron chi connectivity index (χ0n) is 20.7. The average molecular weight is 463 g/mol. The minimum atomic E-state index is -0.114. The maximum absolute atomic E-state index is 13.9. The summed E-state index contributed by atoms with van der Waals surface area (Å²) in [7, 11) is 3.92. The molecule has 9 rings (SSSR count). The van der Waals surface area contributed by atoms with Crippen molar-refractivity contribution in [2.24, 2.45) is 35.5 Å². The molecule has 1 aromatic rings. The lowest BCUT2D eigenvalue weighted by atomic mass is 9.52. The molecule has 8 aliphatic rings. The predicted molar refractivity (Wildman–Crippen MR) is 128 cm³/mol. The molecule has 1 heterocycles. The molecule has 2 amide bonds. The zero-order chi connectivity index (χ0) is 23.2. The highest BCUT2D eigenvalue weighted by Crippen LogP contribution is 2.59. The summed E-state index contributed by atoms with van der Waals surface area (Å²) in [6.07, 6.45) is 17.8. The van der Waals surface area contributed by atoms with Crippen LogP contribution < -0.4 is 0 Å². The van der Waals surface area contributed by atoms with Crippen molar-refractivity contribution in [2.75, 3.05) is 14.1 Å². The van der Waals surface area contributed by atoms with Gasteiger partial charge in [0, 0.05) is 37.6 Å². The Morgan fingerprint density at radius 1 is 0.618 bits per heavy atom. The van der Waals surface area contributed by atoms with Gasteiger partial charge in [-0.2, -0.15) is 0 Å². The molecule has 34 heavy (non-hydrogen) atoms. The number of carbonyl (C=O) groups is 2. The van der Waals surface area contributed by atoms with E-state index in [1.54, 1.807) is 12.4 Å². The number of nitrogens with zero attached hydrogens (tertiary/aromatic N) is 4. The molecule has 0 aromatic carbocycles. The number of amides is 2. The molecule has 0 radical (unpaired) electrons. The van der Waals surface area contributed by atoms with Gasteiger partial charge in [-0.05, 0) is 113 Å². The van der Waals surface area contributed by atoms with E-state index >= 15 is 0 Å². The van der Waals surface area contributed by atoms with Crippen LogP contribution in [0.5, 0.6) is 0 Å². The van der Waals surface area contributed by atoms with E-state index in [4.69, 9.17) is 0 Å². The maximum atomic E-state index is 13.9. The van der Waals surface area contributed by atoms with E-state index in [0.29, 0.717) is 0 Å². The van der Waals surface area contributed by atoms with E-state index in [1.807, 2.05) is 23.9 Å². The summed E-state index contributed by atoms with van der Waals surface area (Å²) < 4.78 is 0. The Balaban J connectivity index is 1.17. The van der Waals surface area contributed by atoms with Gasteiger partial charge in [0.2, 0.25) is 0 Å². The van der Waals surface area contributed by atoms with E-state index in [2.05, 4.69) is 9.97 Å². The van der Waals surface area contributed by atoms with Crippen molar-refractivity contribution in [3.8, 4) is 0 Å². The summed E-state index contributed by atoms with van der Waals surface area (Å²) in [4.78, 5) is 40.7. The maximum Gasteiger partial charge on any atom is 0.275 e. The van der Waals surface area contributed by atoms with Crippen LogP contribution in [0.1, 0.15) is 98.0 Å². The highest BCUT2D eigenvalue weighted by atomic mass is 16.2. The van der Waals surface area contributed by atoms with Crippen LogP contribution in [0.25, 0.3) is 0 Å². The number of hydrogen-bond donors (Lipinski definition) is 0. The van der Waals surface area contributed by atoms with Crippen LogP contribution in [0.2, 0.25) is 0 Å². The second kappa shape index (κ2) is 7.27. The van der Waals surface area contributed by atoms with Gasteiger partial charge < -0.3 is 9.80 Å². The second-order valence-corrected chi connectivity index (χ2v) is 13.3. The minimum absolute atomic E-state index is 0.0600. The van der Waals surface area contributed by atoms with Crippen molar-refractivity contribution in [1.29, 1.82) is 0 Å². The van der Waals surface area contributed by atoms with Crippen molar-refractivity contribution in [3.63, 3.8) is 0 Å². The van der Waals surface area contributed by atoms with Gasteiger partial charge in [0.15, 0.2) is 11.4 Å². The summed E-state index contributed by atoms with van der Waals surface area (Å²) in [6, 6.07) is 0. The lowest BCUT2D eigenvalue weighted by Gasteiger charge is -2.60. The quantitative estimate of drug-likeness (QED) is 0.658. The van der Waals surface area contributed by atoms with Crippen molar-refractivity contribution in [2.45, 2.75) is 88.1 Å². The van der Waals surface area contributed by atoms with Gasteiger partial charge in [-0.25, -0.2) is 9.97 Å². The SMILES string of the molecule is CN(C(=O)c1nccnc1C(=O)N(C)C12CC3CC(CC(C3)C1)C2)C12CC3CC(CC(C3)C1)C2. The number of rotatable bonds is 4. The number of carbonyl (C=O) groups excluding carboxylic acids is 2. The summed E-state index contributed by atoms with van der Waals surface area (Å²) >= 11 is 0. The molecule has 8 fully saturated rings. The molecular weight excluding hydrogens is 424 g/mol. The lowest BCUT2D eigenvalue weighted by Crippen LogP contribution is -2.61. The fourth-order valence-corrected chi connectivity index (χ4v) is 10.4. The summed E-state index contributed by atoms with van der Waals surface area (Å²) in [5.41, 5.74) is 0.384. The van der Waals surface area contributed by atoms with Gasteiger partial charge in [-0.1, -0.05) is 0 Å². The van der Waals surface area contributed by atoms with Crippen LogP contribution in [0.3, 0.4) is 0 Å². The van der Waals surface area contributed by atoms with E-state index < -0.39 is 0 Å². The van der Waals surface area contributed by atoms with Crippen LogP contribution in [0.4, 0.5) is 0 Å². The van der Waals surface area contributed by atoms with Crippen LogP contribution in [0.15, 0.2) is 12.4 Å². The molecule has 6 heteroatoms. The van der Waals surface area contributed by atoms with Gasteiger partial charge in [0.05, 0.1) is 0 Å². The molecule has 0 saturated heterocycles. The van der Waals surface area contributed by atoms with Crippen LogP contribution in [0, 0.1) is 35.5 Å². The first-order valence-electron chi connectivity index (χ1n) is 13.7. The van der Waals surface area contributed by atoms with Crippen molar-refractivity contribution in [3.05, 3.63) is 23.8 Å². The summed E-state index contributed by atoms with van der Waals surface area (Å²) in [5, 5.41) is 0. The van der Waals surface area contributed by atoms with E-state index in [-0.39, 0.29) is 34.3 Å². The Kier molecular flexibility index (Phi) is 4.56. The molecule has 0 aliphatic heterocycles. The van der Waals surface area contributed by atoms with E-state index in [1.165, 1.54) is 38.5 Å². The number of aromatic nitrogens is 2. The minimum Gasteiger partial charge on any atom is -0.335 e. The molecule has 0 atom stereocenters. The average Bonchev–Trinajstić information content (AvgIpc) is 2.80. The molecule has 6 nitrogen and oxygen atoms in total. The second-order valence-electron chi connectivity index (χ2n) is 13.3. The predicted octanol–water partition coefficient (Wildman–Crippen LogP) is 4.56. The van der Waals surface area contributed by atoms with Crippen molar-refractivity contribution >= 4 is 11.8 Å². The Hall–Kier alpha value is -1.98. The fraction of sp³-hybridized carbons (Fsp3) is 0.786. The van der Waals surface area contributed by atoms with Crippen LogP contribution >= 0.6 is 0 Å². The smallest absolute Gasteiger partial charge is 0.275 e. The zero-order valence-corrected chi connectivity index (χ0v) is 20.7. The molecule has 8 saturated carbocycles. The molecule has 0 unspecified atom stereocenters. The third-order valence-electron chi connectivity index (χ3n) is 11.1. The topological polar surface area (TPSA) is 66.4 Å². The van der Waals surface area contributed by atoms with Crippen molar-refractivity contribution in [1.82, 2.24) is 19.8 Å². The van der Waals surface area contributed by atoms with Crippen LogP contribution in [-0.2, 0) is 0 Å². The van der Waals surface area contributed by atoms with Gasteiger partial charge in [0.25, 0.3) is 11.8 Å². The van der Waals surface area contributed by atoms with Gasteiger partial charge in [-0.3, -0.25) is 9.59 Å². The molecule has 0 spiro atoms. The van der Waals surface area contributed by atoms with Gasteiger partial charge in [0.1, 0.15) is 0 Å². The van der Waals surface area contributed by atoms with Gasteiger partial charge in [-0.15, -0.1) is 0 Å². The monoisotopic (exact) mass is 462 g/mol. The summed E-state index contributed by atoms with van der Waals surface area (Å²) in [5.74, 6) is 4.31. The Labute approximate surface area is 202 Å². The lowest BCUT2D eigenvalue weighted by molar-refractivity contribution is -0.0681. The first kappa shape index (κ1) is 21.3. The Morgan fingerprint density at radius 2 is 0.882 bits per heavy atom. The first-order valence-corrected chi connectivity index (χ1v) is 13.7. The standard InChI is InChI=1S/C28H38N4O2/c1-31(27-11-17-5-18(12-27)7-19(6-17)13-27)25(33)23-24(30-4-3-29-23)26(34)32(2)28-14-20-8-21(15-28)10-22(9-20)16-28/h3-4,17-22H,5-16H2,1-2H3. The molecule has 182 valence electrons. The third-order valence-corrected chi connectivity index (χ3v) is 11.1. The normalized spacial score (nSPS) is 43.2. The van der Waals surface area contributed by atoms with Crippen LogP contribution in [-0.4, -0.2) is 56.8 Å². The summed E-state index contributed by atoms with van der Waals surface area (Å²) in [6.45, 7) is 0. The van der Waals surface area contributed by atoms with E-state index in [9.17, 15) is 9.59 Å². The highest BCUT2D eigenvalue weighted by Gasteiger charge is 2.56. The molecule has 8 aliphatic carbocycles. The Morgan fingerprint density at radius 3 is 1.15 bits per heavy atom. The fourth-order valence-electron chi connectivity index (χ4n) is 10.4. The molecule has 0 N–H and O–H groups in total. The Bertz CT molecular complexity index is 883. The van der Waals surface area contributed by atoms with Crippen molar-refractivity contribution < 1.29 is 9.59 Å². The molecule has 1 aromatic heterocycles. The molecule has 8 bridgehead atoms. The third kappa shape index (κ3) is 3.05. The largest absolute Gasteiger partial charge is 0.335 e.